The standard InChI is InChI=1S/C9H9NO3/c1-9-3-2-4(13-9)5-6(9)8(12)10-7(5)11/h2-6H,1H3,(H,10,11,12). The van der Waals surface area contributed by atoms with Crippen LogP contribution in [0.3, 0.4) is 0 Å². The van der Waals surface area contributed by atoms with E-state index in [9.17, 15) is 9.59 Å². The third kappa shape index (κ3) is 0.659. The monoisotopic (exact) mass is 179 g/mol. The number of amides is 2. The van der Waals surface area contributed by atoms with Gasteiger partial charge >= 0.3 is 0 Å². The molecular formula is C9H9NO3. The molecule has 0 aromatic carbocycles. The molecule has 4 unspecified atom stereocenters. The van der Waals surface area contributed by atoms with Crippen LogP contribution in [0.5, 0.6) is 0 Å². The van der Waals surface area contributed by atoms with Crippen LogP contribution >= 0.6 is 0 Å². The highest BCUT2D eigenvalue weighted by molar-refractivity contribution is 6.07. The summed E-state index contributed by atoms with van der Waals surface area (Å²) in [7, 11) is 0. The molecule has 2 amide bonds. The molecule has 2 fully saturated rings. The quantitative estimate of drug-likeness (QED) is 0.406. The number of hydrogen-bond donors (Lipinski definition) is 1. The second-order valence-corrected chi connectivity index (χ2v) is 3.98. The van der Waals surface area contributed by atoms with Crippen molar-refractivity contribution < 1.29 is 14.3 Å². The predicted molar refractivity (Wildman–Crippen MR) is 42.5 cm³/mol. The van der Waals surface area contributed by atoms with Gasteiger partial charge in [0.25, 0.3) is 0 Å². The van der Waals surface area contributed by atoms with Gasteiger partial charge in [-0.15, -0.1) is 0 Å². The summed E-state index contributed by atoms with van der Waals surface area (Å²) in [6, 6.07) is 0. The molecule has 13 heavy (non-hydrogen) atoms. The Morgan fingerprint density at radius 2 is 2.23 bits per heavy atom. The predicted octanol–water partition coefficient (Wildman–Crippen LogP) is -0.398. The van der Waals surface area contributed by atoms with E-state index in [1.807, 2.05) is 19.1 Å². The molecule has 3 heterocycles. The highest BCUT2D eigenvalue weighted by atomic mass is 16.5. The first-order valence-corrected chi connectivity index (χ1v) is 4.34. The number of fused-ring (bicyclic) bond motifs is 5. The highest BCUT2D eigenvalue weighted by Gasteiger charge is 2.63. The summed E-state index contributed by atoms with van der Waals surface area (Å²) >= 11 is 0. The molecule has 3 rings (SSSR count). The van der Waals surface area contributed by atoms with Crippen LogP contribution in [0.2, 0.25) is 0 Å². The Morgan fingerprint density at radius 1 is 1.46 bits per heavy atom. The van der Waals surface area contributed by atoms with Crippen molar-refractivity contribution in [3.63, 3.8) is 0 Å². The lowest BCUT2D eigenvalue weighted by molar-refractivity contribution is -0.129. The maximum absolute atomic E-state index is 11.4. The molecule has 0 aliphatic carbocycles. The van der Waals surface area contributed by atoms with Gasteiger partial charge in [-0.2, -0.15) is 0 Å². The fraction of sp³-hybridized carbons (Fsp3) is 0.556. The number of nitrogens with one attached hydrogen (secondary N) is 1. The lowest BCUT2D eigenvalue weighted by Gasteiger charge is -2.21. The molecular weight excluding hydrogens is 170 g/mol. The first kappa shape index (κ1) is 7.26. The van der Waals surface area contributed by atoms with Gasteiger partial charge in [0, 0.05) is 0 Å². The van der Waals surface area contributed by atoms with Gasteiger partial charge in [-0.1, -0.05) is 12.2 Å². The van der Waals surface area contributed by atoms with Crippen molar-refractivity contribution in [3.05, 3.63) is 12.2 Å². The lowest BCUT2D eigenvalue weighted by Crippen LogP contribution is -2.36. The molecule has 0 spiro atoms. The van der Waals surface area contributed by atoms with Crippen LogP contribution < -0.4 is 5.32 Å². The number of hydrogen-bond acceptors (Lipinski definition) is 3. The van der Waals surface area contributed by atoms with Gasteiger partial charge in [-0.3, -0.25) is 14.9 Å². The van der Waals surface area contributed by atoms with Crippen molar-refractivity contribution in [2.45, 2.75) is 18.6 Å². The highest BCUT2D eigenvalue weighted by Crippen LogP contribution is 2.48. The Morgan fingerprint density at radius 3 is 2.92 bits per heavy atom. The smallest absolute Gasteiger partial charge is 0.233 e. The largest absolute Gasteiger partial charge is 0.362 e. The molecule has 2 bridgehead atoms. The van der Waals surface area contributed by atoms with Crippen molar-refractivity contribution in [1.82, 2.24) is 5.32 Å². The summed E-state index contributed by atoms with van der Waals surface area (Å²) < 4.78 is 5.57. The Hall–Kier alpha value is -1.16. The second-order valence-electron chi connectivity index (χ2n) is 3.98. The van der Waals surface area contributed by atoms with Crippen LogP contribution in [-0.4, -0.2) is 23.5 Å². The van der Waals surface area contributed by atoms with Gasteiger partial charge in [0.15, 0.2) is 0 Å². The van der Waals surface area contributed by atoms with Gasteiger partial charge in [0.2, 0.25) is 11.8 Å². The fourth-order valence-corrected chi connectivity index (χ4v) is 2.58. The zero-order chi connectivity index (χ0) is 9.22. The summed E-state index contributed by atoms with van der Waals surface area (Å²) in [5.74, 6) is -0.977. The van der Waals surface area contributed by atoms with E-state index in [2.05, 4.69) is 5.32 Å². The van der Waals surface area contributed by atoms with Crippen molar-refractivity contribution in [3.8, 4) is 0 Å². The zero-order valence-electron chi connectivity index (χ0n) is 7.11. The molecule has 4 atom stereocenters. The zero-order valence-corrected chi connectivity index (χ0v) is 7.11. The molecule has 1 N–H and O–H groups in total. The van der Waals surface area contributed by atoms with E-state index in [4.69, 9.17) is 4.74 Å². The van der Waals surface area contributed by atoms with E-state index in [1.54, 1.807) is 0 Å². The van der Waals surface area contributed by atoms with E-state index in [0.29, 0.717) is 0 Å². The van der Waals surface area contributed by atoms with Crippen LogP contribution in [0, 0.1) is 11.8 Å². The summed E-state index contributed by atoms with van der Waals surface area (Å²) in [5.41, 5.74) is -0.550. The third-order valence-electron chi connectivity index (χ3n) is 3.17. The minimum atomic E-state index is -0.550. The number of carbonyl (C=O) groups is 2. The van der Waals surface area contributed by atoms with Crippen LogP contribution in [-0.2, 0) is 14.3 Å². The lowest BCUT2D eigenvalue weighted by atomic mass is 9.78. The molecule has 4 nitrogen and oxygen atoms in total. The van der Waals surface area contributed by atoms with Crippen molar-refractivity contribution in [1.29, 1.82) is 0 Å². The SMILES string of the molecule is CC12C=CC(O1)C1C(=O)NC(=O)C12. The molecule has 3 aliphatic rings. The van der Waals surface area contributed by atoms with E-state index in [0.717, 1.165) is 0 Å². The normalized spacial score (nSPS) is 51.3. The average molecular weight is 179 g/mol. The molecule has 0 aromatic rings. The van der Waals surface area contributed by atoms with Crippen molar-refractivity contribution in [2.24, 2.45) is 11.8 Å². The number of rotatable bonds is 0. The number of imide groups is 1. The van der Waals surface area contributed by atoms with Gasteiger partial charge < -0.3 is 4.74 Å². The maximum Gasteiger partial charge on any atom is 0.233 e. The molecule has 4 heteroatoms. The van der Waals surface area contributed by atoms with E-state index < -0.39 is 5.60 Å². The fourth-order valence-electron chi connectivity index (χ4n) is 2.58. The Kier molecular flexibility index (Phi) is 1.03. The van der Waals surface area contributed by atoms with Crippen LogP contribution in [0.25, 0.3) is 0 Å². The van der Waals surface area contributed by atoms with Crippen LogP contribution in [0.15, 0.2) is 12.2 Å². The average Bonchev–Trinajstić information content (AvgIpc) is 2.62. The van der Waals surface area contributed by atoms with E-state index >= 15 is 0 Å². The topological polar surface area (TPSA) is 55.4 Å². The Labute approximate surface area is 74.9 Å². The summed E-state index contributed by atoms with van der Waals surface area (Å²) in [6.45, 7) is 1.85. The molecule has 0 aromatic heterocycles. The number of carbonyl (C=O) groups excluding carboxylic acids is 2. The minimum absolute atomic E-state index is 0.187. The summed E-state index contributed by atoms with van der Waals surface area (Å²) in [4.78, 5) is 22.8. The van der Waals surface area contributed by atoms with Crippen molar-refractivity contribution in [2.75, 3.05) is 0 Å². The molecule has 2 saturated heterocycles. The molecule has 3 aliphatic heterocycles. The number of ether oxygens (including phenoxy) is 1. The summed E-state index contributed by atoms with van der Waals surface area (Å²) in [6.07, 6.45) is 3.57. The molecule has 68 valence electrons. The third-order valence-corrected chi connectivity index (χ3v) is 3.17. The van der Waals surface area contributed by atoms with Crippen LogP contribution in [0.4, 0.5) is 0 Å². The van der Waals surface area contributed by atoms with Gasteiger partial charge in [0.1, 0.15) is 0 Å². The minimum Gasteiger partial charge on any atom is -0.362 e. The van der Waals surface area contributed by atoms with E-state index in [-0.39, 0.29) is 29.8 Å². The maximum atomic E-state index is 11.4. The van der Waals surface area contributed by atoms with Gasteiger partial charge in [-0.05, 0) is 6.92 Å². The second kappa shape index (κ2) is 1.85. The Bertz CT molecular complexity index is 349. The van der Waals surface area contributed by atoms with Crippen molar-refractivity contribution >= 4 is 11.8 Å². The first-order chi connectivity index (χ1) is 6.12. The first-order valence-electron chi connectivity index (χ1n) is 4.34. The van der Waals surface area contributed by atoms with E-state index in [1.165, 1.54) is 0 Å². The summed E-state index contributed by atoms with van der Waals surface area (Å²) in [5, 5.41) is 2.35. The van der Waals surface area contributed by atoms with Crippen LogP contribution in [0.1, 0.15) is 6.92 Å². The molecule has 0 saturated carbocycles. The van der Waals surface area contributed by atoms with Gasteiger partial charge in [-0.25, -0.2) is 0 Å². The Balaban J connectivity index is 2.13. The van der Waals surface area contributed by atoms with Gasteiger partial charge in [0.05, 0.1) is 23.5 Å². The molecule has 0 radical (unpaired) electrons.